The molecule has 2 heterocycles. The van der Waals surface area contributed by atoms with Crippen LogP contribution in [0.2, 0.25) is 0 Å². The Balaban J connectivity index is 1.95. The summed E-state index contributed by atoms with van der Waals surface area (Å²) in [6.45, 7) is 4.74. The van der Waals surface area contributed by atoms with Gasteiger partial charge in [-0.2, -0.15) is 0 Å². The molecule has 0 aliphatic carbocycles. The number of hydrogen-bond donors (Lipinski definition) is 1. The van der Waals surface area contributed by atoms with Gasteiger partial charge in [-0.05, 0) is 24.3 Å². The van der Waals surface area contributed by atoms with Crippen molar-refractivity contribution < 1.29 is 14.7 Å². The Bertz CT molecular complexity index is 503. The molecule has 2 rings (SSSR count). The molecule has 3 atom stereocenters. The second kappa shape index (κ2) is 6.47. The average Bonchev–Trinajstić information content (AvgIpc) is 3.06. The largest absolute Gasteiger partial charge is 0.481 e. The van der Waals surface area contributed by atoms with Crippen molar-refractivity contribution in [1.82, 2.24) is 9.80 Å². The molecule has 0 bridgehead atoms. The molecule has 1 N–H and O–H groups in total. The number of thiophene rings is 1. The maximum atomic E-state index is 12.5. The second-order valence-electron chi connectivity index (χ2n) is 5.85. The SMILES string of the molecule is CC1CN(C(=O)N(C)C(C)Cc2cccs2)CC1C(=O)O. The molecule has 5 nitrogen and oxygen atoms in total. The van der Waals surface area contributed by atoms with Crippen LogP contribution in [0.5, 0.6) is 0 Å². The third-order valence-corrected chi connectivity index (χ3v) is 5.14. The lowest BCUT2D eigenvalue weighted by molar-refractivity contribution is -0.142. The minimum Gasteiger partial charge on any atom is -0.481 e. The molecule has 0 radical (unpaired) electrons. The maximum absolute atomic E-state index is 12.5. The van der Waals surface area contributed by atoms with E-state index in [4.69, 9.17) is 5.11 Å². The molecule has 1 aliphatic heterocycles. The van der Waals surface area contributed by atoms with E-state index in [0.29, 0.717) is 13.1 Å². The Morgan fingerprint density at radius 3 is 2.76 bits per heavy atom. The summed E-state index contributed by atoms with van der Waals surface area (Å²) in [5, 5.41) is 11.2. The van der Waals surface area contributed by atoms with Crippen LogP contribution in [-0.4, -0.2) is 53.1 Å². The fourth-order valence-corrected chi connectivity index (χ4v) is 3.54. The first kappa shape index (κ1) is 15.8. The monoisotopic (exact) mass is 310 g/mol. The highest BCUT2D eigenvalue weighted by molar-refractivity contribution is 7.09. The molecule has 1 saturated heterocycles. The zero-order valence-electron chi connectivity index (χ0n) is 12.7. The Labute approximate surface area is 129 Å². The summed E-state index contributed by atoms with van der Waals surface area (Å²) in [7, 11) is 1.79. The molecular weight excluding hydrogens is 288 g/mol. The molecule has 0 aromatic carbocycles. The number of nitrogens with zero attached hydrogens (tertiary/aromatic N) is 2. The Hall–Kier alpha value is -1.56. The lowest BCUT2D eigenvalue weighted by atomic mass is 9.99. The first-order chi connectivity index (χ1) is 9.90. The normalized spacial score (nSPS) is 23.1. The van der Waals surface area contributed by atoms with E-state index in [9.17, 15) is 9.59 Å². The second-order valence-corrected chi connectivity index (χ2v) is 6.89. The molecule has 6 heteroatoms. The van der Waals surface area contributed by atoms with Gasteiger partial charge in [0.2, 0.25) is 0 Å². The van der Waals surface area contributed by atoms with E-state index in [1.807, 2.05) is 25.3 Å². The Morgan fingerprint density at radius 1 is 1.52 bits per heavy atom. The molecule has 0 saturated carbocycles. The number of likely N-dealkylation sites (tertiary alicyclic amines) is 1. The highest BCUT2D eigenvalue weighted by Gasteiger charge is 2.38. The van der Waals surface area contributed by atoms with Gasteiger partial charge in [0.1, 0.15) is 0 Å². The highest BCUT2D eigenvalue weighted by atomic mass is 32.1. The number of rotatable bonds is 4. The van der Waals surface area contributed by atoms with Crippen LogP contribution in [0.4, 0.5) is 4.79 Å². The van der Waals surface area contributed by atoms with E-state index in [2.05, 4.69) is 6.07 Å². The zero-order valence-corrected chi connectivity index (χ0v) is 13.5. The lowest BCUT2D eigenvalue weighted by Gasteiger charge is -2.29. The van der Waals surface area contributed by atoms with E-state index in [0.717, 1.165) is 6.42 Å². The fourth-order valence-electron chi connectivity index (χ4n) is 2.71. The van der Waals surface area contributed by atoms with Gasteiger partial charge < -0.3 is 14.9 Å². The first-order valence-corrected chi connectivity index (χ1v) is 8.05. The van der Waals surface area contributed by atoms with Gasteiger partial charge in [-0.1, -0.05) is 13.0 Å². The van der Waals surface area contributed by atoms with Gasteiger partial charge in [0.05, 0.1) is 5.92 Å². The quantitative estimate of drug-likeness (QED) is 0.929. The minimum absolute atomic E-state index is 0.00690. The van der Waals surface area contributed by atoms with Crippen molar-refractivity contribution in [3.63, 3.8) is 0 Å². The molecule has 1 aromatic rings. The van der Waals surface area contributed by atoms with Crippen LogP contribution in [-0.2, 0) is 11.2 Å². The summed E-state index contributed by atoms with van der Waals surface area (Å²) >= 11 is 1.69. The smallest absolute Gasteiger partial charge is 0.320 e. The topological polar surface area (TPSA) is 60.9 Å². The number of aliphatic carboxylic acids is 1. The van der Waals surface area contributed by atoms with Crippen LogP contribution in [0.3, 0.4) is 0 Å². The third kappa shape index (κ3) is 3.56. The molecular formula is C15H22N2O3S. The average molecular weight is 310 g/mol. The van der Waals surface area contributed by atoms with Crippen LogP contribution in [0.1, 0.15) is 18.7 Å². The standard InChI is InChI=1S/C15H22N2O3S/c1-10-8-17(9-13(10)14(18)19)15(20)16(3)11(2)7-12-5-4-6-21-12/h4-6,10-11,13H,7-9H2,1-3H3,(H,18,19). The van der Waals surface area contributed by atoms with Crippen molar-refractivity contribution in [3.8, 4) is 0 Å². The summed E-state index contributed by atoms with van der Waals surface area (Å²) < 4.78 is 0. The van der Waals surface area contributed by atoms with Crippen LogP contribution < -0.4 is 0 Å². The van der Waals surface area contributed by atoms with Gasteiger partial charge in [0.15, 0.2) is 0 Å². The number of carbonyl (C=O) groups excluding carboxylic acids is 1. The summed E-state index contributed by atoms with van der Waals surface area (Å²) in [4.78, 5) is 28.3. The predicted octanol–water partition coefficient (Wildman–Crippen LogP) is 2.38. The van der Waals surface area contributed by atoms with E-state index in [1.54, 1.807) is 28.2 Å². The number of carboxylic acid groups (broad SMARTS) is 1. The third-order valence-electron chi connectivity index (χ3n) is 4.24. The Kier molecular flexibility index (Phi) is 4.88. The minimum atomic E-state index is -0.813. The van der Waals surface area contributed by atoms with Crippen molar-refractivity contribution in [1.29, 1.82) is 0 Å². The van der Waals surface area contributed by atoms with E-state index < -0.39 is 11.9 Å². The van der Waals surface area contributed by atoms with Crippen molar-refractivity contribution in [2.45, 2.75) is 26.3 Å². The highest BCUT2D eigenvalue weighted by Crippen LogP contribution is 2.24. The number of likely N-dealkylation sites (N-methyl/N-ethyl adjacent to an activating group) is 1. The van der Waals surface area contributed by atoms with Crippen LogP contribution >= 0.6 is 11.3 Å². The van der Waals surface area contributed by atoms with Crippen molar-refractivity contribution >= 4 is 23.3 Å². The zero-order chi connectivity index (χ0) is 15.6. The molecule has 21 heavy (non-hydrogen) atoms. The predicted molar refractivity (Wildman–Crippen MR) is 82.5 cm³/mol. The number of hydrogen-bond acceptors (Lipinski definition) is 3. The van der Waals surface area contributed by atoms with E-state index in [-0.39, 0.29) is 18.0 Å². The van der Waals surface area contributed by atoms with Crippen LogP contribution in [0.25, 0.3) is 0 Å². The van der Waals surface area contributed by atoms with E-state index in [1.165, 1.54) is 4.88 Å². The van der Waals surface area contributed by atoms with Crippen LogP contribution in [0, 0.1) is 11.8 Å². The lowest BCUT2D eigenvalue weighted by Crippen LogP contribution is -2.45. The van der Waals surface area contributed by atoms with Gasteiger partial charge >= 0.3 is 12.0 Å². The number of urea groups is 1. The molecule has 0 spiro atoms. The Morgan fingerprint density at radius 2 is 2.24 bits per heavy atom. The summed E-state index contributed by atoms with van der Waals surface area (Å²) in [6, 6.07) is 4.09. The van der Waals surface area contributed by atoms with Crippen LogP contribution in [0.15, 0.2) is 17.5 Å². The summed E-state index contributed by atoms with van der Waals surface area (Å²) in [5.41, 5.74) is 0. The maximum Gasteiger partial charge on any atom is 0.320 e. The molecule has 3 unspecified atom stereocenters. The van der Waals surface area contributed by atoms with Crippen molar-refractivity contribution in [3.05, 3.63) is 22.4 Å². The number of amides is 2. The van der Waals surface area contributed by atoms with E-state index >= 15 is 0 Å². The molecule has 1 fully saturated rings. The molecule has 2 amide bonds. The van der Waals surface area contributed by atoms with Gasteiger partial charge in [-0.15, -0.1) is 11.3 Å². The molecule has 116 valence electrons. The molecule has 1 aromatic heterocycles. The van der Waals surface area contributed by atoms with Gasteiger partial charge in [0.25, 0.3) is 0 Å². The van der Waals surface area contributed by atoms with Gasteiger partial charge in [-0.25, -0.2) is 4.79 Å². The summed E-state index contributed by atoms with van der Waals surface area (Å²) in [6.07, 6.45) is 0.825. The number of carboxylic acids is 1. The van der Waals surface area contributed by atoms with Crippen molar-refractivity contribution in [2.75, 3.05) is 20.1 Å². The van der Waals surface area contributed by atoms with Crippen molar-refractivity contribution in [2.24, 2.45) is 11.8 Å². The van der Waals surface area contributed by atoms with Gasteiger partial charge in [-0.3, -0.25) is 4.79 Å². The van der Waals surface area contributed by atoms with Gasteiger partial charge in [0, 0.05) is 37.5 Å². The molecule has 1 aliphatic rings. The number of carbonyl (C=O) groups is 2. The fraction of sp³-hybridized carbons (Fsp3) is 0.600. The summed E-state index contributed by atoms with van der Waals surface area (Å²) in [5.74, 6) is -1.26. The first-order valence-electron chi connectivity index (χ1n) is 7.17.